The van der Waals surface area contributed by atoms with Gasteiger partial charge in [-0.15, -0.1) is 0 Å². The molecule has 0 aliphatic carbocycles. The van der Waals surface area contributed by atoms with Crippen molar-refractivity contribution in [3.05, 3.63) is 29.6 Å². The second-order valence-corrected chi connectivity index (χ2v) is 4.19. The predicted molar refractivity (Wildman–Crippen MR) is 48.4 cm³/mol. The summed E-state index contributed by atoms with van der Waals surface area (Å²) < 4.78 is 35.6. The topological polar surface area (TPSA) is 79.2 Å². The number of benzene rings is 1. The second-order valence-electron chi connectivity index (χ2n) is 2.54. The molecular weight excluding hydrogens is 223 g/mol. The Balaban J connectivity index is 3.24. The quantitative estimate of drug-likeness (QED) is 0.768. The second kappa shape index (κ2) is 4.35. The van der Waals surface area contributed by atoms with Gasteiger partial charge in [0, 0.05) is 0 Å². The van der Waals surface area contributed by atoms with E-state index in [1.165, 1.54) is 0 Å². The Morgan fingerprint density at radius 1 is 1.53 bits per heavy atom. The fourth-order valence-electron chi connectivity index (χ4n) is 0.915. The Morgan fingerprint density at radius 3 is 2.73 bits per heavy atom. The molecule has 0 amide bonds. The van der Waals surface area contributed by atoms with E-state index in [4.69, 9.17) is 5.26 Å². The molecule has 0 fully saturated rings. The summed E-state index contributed by atoms with van der Waals surface area (Å²) >= 11 is 0. The molecule has 7 heteroatoms. The maximum atomic E-state index is 12.9. The van der Waals surface area contributed by atoms with E-state index in [0.717, 1.165) is 25.3 Å². The van der Waals surface area contributed by atoms with Gasteiger partial charge in [0.05, 0.1) is 17.6 Å². The summed E-state index contributed by atoms with van der Waals surface area (Å²) in [5, 5.41) is 8.50. The van der Waals surface area contributed by atoms with Crippen molar-refractivity contribution in [2.75, 3.05) is 7.11 Å². The van der Waals surface area contributed by atoms with Crippen molar-refractivity contribution in [2.45, 2.75) is 4.90 Å². The molecule has 0 heterocycles. The molecular formula is C8H7FN2O3S. The molecule has 1 aromatic rings. The summed E-state index contributed by atoms with van der Waals surface area (Å²) in [7, 11) is -2.72. The Kier molecular flexibility index (Phi) is 3.36. The van der Waals surface area contributed by atoms with Gasteiger partial charge in [-0.1, -0.05) is 4.89 Å². The zero-order valence-electron chi connectivity index (χ0n) is 7.69. The summed E-state index contributed by atoms with van der Waals surface area (Å²) in [6.07, 6.45) is 0. The van der Waals surface area contributed by atoms with Gasteiger partial charge in [-0.3, -0.25) is 4.84 Å². The molecule has 0 aliphatic heterocycles. The molecule has 0 aromatic heterocycles. The number of nitrogens with one attached hydrogen (secondary N) is 1. The molecule has 0 spiro atoms. The van der Waals surface area contributed by atoms with E-state index in [0.29, 0.717) is 0 Å². The van der Waals surface area contributed by atoms with Gasteiger partial charge in [-0.2, -0.15) is 5.26 Å². The van der Waals surface area contributed by atoms with Gasteiger partial charge in [0.1, 0.15) is 11.9 Å². The molecule has 1 rings (SSSR count). The minimum atomic E-state index is -3.85. The number of rotatable bonds is 3. The Labute approximate surface area is 86.1 Å². The average molecular weight is 230 g/mol. The van der Waals surface area contributed by atoms with Crippen LogP contribution in [0.2, 0.25) is 0 Å². The Morgan fingerprint density at radius 2 is 2.20 bits per heavy atom. The number of hydrogen-bond donors (Lipinski definition) is 1. The van der Waals surface area contributed by atoms with E-state index < -0.39 is 15.8 Å². The number of sulfonamides is 1. The van der Waals surface area contributed by atoms with Crippen molar-refractivity contribution < 1.29 is 17.6 Å². The molecule has 1 N–H and O–H groups in total. The van der Waals surface area contributed by atoms with E-state index in [1.807, 2.05) is 0 Å². The van der Waals surface area contributed by atoms with Gasteiger partial charge < -0.3 is 0 Å². The van der Waals surface area contributed by atoms with Gasteiger partial charge >= 0.3 is 0 Å². The lowest BCUT2D eigenvalue weighted by Gasteiger charge is -2.04. The van der Waals surface area contributed by atoms with Crippen LogP contribution in [0.15, 0.2) is 23.1 Å². The summed E-state index contributed by atoms with van der Waals surface area (Å²) in [6, 6.07) is 4.41. The SMILES string of the molecule is CONS(=O)(=O)c1ccc(F)c(C#N)c1. The maximum absolute atomic E-state index is 12.9. The lowest BCUT2D eigenvalue weighted by molar-refractivity contribution is 0.153. The first kappa shape index (κ1) is 11.6. The van der Waals surface area contributed by atoms with Crippen LogP contribution in [0.25, 0.3) is 0 Å². The highest BCUT2D eigenvalue weighted by Crippen LogP contribution is 2.13. The van der Waals surface area contributed by atoms with E-state index in [1.54, 1.807) is 11.0 Å². The standard InChI is InChI=1S/C8H7FN2O3S/c1-14-11-15(12,13)7-2-3-8(9)6(4-7)5-10/h2-4,11H,1H3. The van der Waals surface area contributed by atoms with Crippen LogP contribution in [-0.2, 0) is 14.9 Å². The van der Waals surface area contributed by atoms with E-state index in [2.05, 4.69) is 4.84 Å². The number of hydrogen-bond acceptors (Lipinski definition) is 4. The fourth-order valence-corrected chi connectivity index (χ4v) is 1.75. The fraction of sp³-hybridized carbons (Fsp3) is 0.125. The average Bonchev–Trinajstić information content (AvgIpc) is 2.18. The predicted octanol–water partition coefficient (Wildman–Crippen LogP) is 0.537. The van der Waals surface area contributed by atoms with Crippen molar-refractivity contribution in [2.24, 2.45) is 0 Å². The Hall–Kier alpha value is -1.49. The molecule has 80 valence electrons. The van der Waals surface area contributed by atoms with E-state index >= 15 is 0 Å². The maximum Gasteiger partial charge on any atom is 0.262 e. The first-order valence-corrected chi connectivity index (χ1v) is 5.24. The molecule has 0 atom stereocenters. The van der Waals surface area contributed by atoms with Crippen molar-refractivity contribution in [3.8, 4) is 6.07 Å². The van der Waals surface area contributed by atoms with Crippen molar-refractivity contribution >= 4 is 10.0 Å². The van der Waals surface area contributed by atoms with Crippen LogP contribution in [-0.4, -0.2) is 15.5 Å². The molecule has 0 aliphatic rings. The summed E-state index contributed by atoms with van der Waals surface area (Å²) in [5.74, 6) is -0.770. The van der Waals surface area contributed by atoms with Crippen LogP contribution in [0.3, 0.4) is 0 Å². The third kappa shape index (κ3) is 2.50. The van der Waals surface area contributed by atoms with Gasteiger partial charge in [-0.25, -0.2) is 12.8 Å². The molecule has 1 aromatic carbocycles. The van der Waals surface area contributed by atoms with Crippen LogP contribution < -0.4 is 4.89 Å². The van der Waals surface area contributed by atoms with Crippen LogP contribution in [0.5, 0.6) is 0 Å². The highest BCUT2D eigenvalue weighted by Gasteiger charge is 2.15. The smallest absolute Gasteiger partial charge is 0.262 e. The zero-order chi connectivity index (χ0) is 11.5. The summed E-state index contributed by atoms with van der Waals surface area (Å²) in [5.41, 5.74) is -0.339. The van der Waals surface area contributed by atoms with Crippen LogP contribution in [0, 0.1) is 17.1 Å². The van der Waals surface area contributed by atoms with E-state index in [9.17, 15) is 12.8 Å². The molecule has 5 nitrogen and oxygen atoms in total. The van der Waals surface area contributed by atoms with Gasteiger partial charge in [0.2, 0.25) is 0 Å². The van der Waals surface area contributed by atoms with Crippen LogP contribution in [0.1, 0.15) is 5.56 Å². The van der Waals surface area contributed by atoms with Crippen molar-refractivity contribution in [3.63, 3.8) is 0 Å². The molecule has 0 saturated carbocycles. The van der Waals surface area contributed by atoms with Crippen LogP contribution in [0.4, 0.5) is 4.39 Å². The van der Waals surface area contributed by atoms with Gasteiger partial charge in [-0.05, 0) is 18.2 Å². The first-order valence-electron chi connectivity index (χ1n) is 3.75. The highest BCUT2D eigenvalue weighted by atomic mass is 32.2. The molecule has 0 bridgehead atoms. The third-order valence-electron chi connectivity index (χ3n) is 1.56. The number of nitrogens with zero attached hydrogens (tertiary/aromatic N) is 1. The molecule has 0 unspecified atom stereocenters. The van der Waals surface area contributed by atoms with Crippen LogP contribution >= 0.6 is 0 Å². The minimum absolute atomic E-state index is 0.234. The highest BCUT2D eigenvalue weighted by molar-refractivity contribution is 7.89. The minimum Gasteiger partial charge on any atom is -0.290 e. The summed E-state index contributed by atoms with van der Waals surface area (Å²) in [4.78, 5) is 5.77. The lowest BCUT2D eigenvalue weighted by atomic mass is 10.2. The third-order valence-corrected chi connectivity index (χ3v) is 2.82. The van der Waals surface area contributed by atoms with E-state index in [-0.39, 0.29) is 10.5 Å². The number of nitriles is 1. The molecule has 15 heavy (non-hydrogen) atoms. The normalized spacial score (nSPS) is 11.0. The number of halogens is 1. The zero-order valence-corrected chi connectivity index (χ0v) is 8.51. The summed E-state index contributed by atoms with van der Waals surface area (Å²) in [6.45, 7) is 0. The molecule has 0 saturated heterocycles. The monoisotopic (exact) mass is 230 g/mol. The van der Waals surface area contributed by atoms with Crippen molar-refractivity contribution in [1.82, 2.24) is 4.89 Å². The molecule has 0 radical (unpaired) electrons. The van der Waals surface area contributed by atoms with Gasteiger partial charge in [0.25, 0.3) is 10.0 Å². The van der Waals surface area contributed by atoms with Gasteiger partial charge in [0.15, 0.2) is 0 Å². The lowest BCUT2D eigenvalue weighted by Crippen LogP contribution is -2.22. The Bertz CT molecular complexity index is 507. The van der Waals surface area contributed by atoms with Crippen molar-refractivity contribution in [1.29, 1.82) is 5.26 Å². The largest absolute Gasteiger partial charge is 0.290 e. The first-order chi connectivity index (χ1) is 7.01.